The van der Waals surface area contributed by atoms with Gasteiger partial charge in [0, 0.05) is 6.04 Å². The highest BCUT2D eigenvalue weighted by Crippen LogP contribution is 2.03. The van der Waals surface area contributed by atoms with Crippen molar-refractivity contribution in [3.8, 4) is 0 Å². The van der Waals surface area contributed by atoms with Crippen molar-refractivity contribution in [3.05, 3.63) is 0 Å². The van der Waals surface area contributed by atoms with Crippen molar-refractivity contribution >= 4 is 12.4 Å². The zero-order chi connectivity index (χ0) is 6.57. The van der Waals surface area contributed by atoms with Crippen molar-refractivity contribution in [2.75, 3.05) is 0 Å². The Balaban J connectivity index is 0. The lowest BCUT2D eigenvalue weighted by Gasteiger charge is -2.09. The molecule has 1 nitrogen and oxygen atoms in total. The molecule has 0 aliphatic carbocycles. The molecular formula is C7H18ClN. The summed E-state index contributed by atoms with van der Waals surface area (Å²) in [5, 5.41) is 0. The maximum atomic E-state index is 5.67. The van der Waals surface area contributed by atoms with E-state index in [1.54, 1.807) is 0 Å². The average molecular weight is 152 g/mol. The van der Waals surface area contributed by atoms with Crippen LogP contribution in [0.25, 0.3) is 0 Å². The van der Waals surface area contributed by atoms with Gasteiger partial charge in [-0.2, -0.15) is 0 Å². The van der Waals surface area contributed by atoms with E-state index in [4.69, 9.17) is 5.73 Å². The number of hydrogen-bond donors (Lipinski definition) is 1. The van der Waals surface area contributed by atoms with E-state index in [-0.39, 0.29) is 12.4 Å². The Morgan fingerprint density at radius 1 is 1.33 bits per heavy atom. The summed E-state index contributed by atoms with van der Waals surface area (Å²) in [5.74, 6) is 0.755. The predicted octanol–water partition coefficient (Wildman–Crippen LogP) is 2.19. The molecule has 2 heteroatoms. The summed E-state index contributed by atoms with van der Waals surface area (Å²) in [6, 6.07) is 0.426. The van der Waals surface area contributed by atoms with Gasteiger partial charge in [0.05, 0.1) is 0 Å². The van der Waals surface area contributed by atoms with Crippen LogP contribution in [0.4, 0.5) is 0 Å². The predicted molar refractivity (Wildman–Crippen MR) is 45.0 cm³/mol. The molecule has 0 heterocycles. The molecule has 0 aliphatic heterocycles. The summed E-state index contributed by atoms with van der Waals surface area (Å²) >= 11 is 0. The first kappa shape index (κ1) is 12.0. The van der Waals surface area contributed by atoms with Crippen molar-refractivity contribution in [1.29, 1.82) is 0 Å². The molecule has 0 aromatic rings. The van der Waals surface area contributed by atoms with Gasteiger partial charge in [-0.1, -0.05) is 20.8 Å². The van der Waals surface area contributed by atoms with Gasteiger partial charge < -0.3 is 5.73 Å². The molecule has 0 aliphatic rings. The highest BCUT2D eigenvalue weighted by atomic mass is 35.5. The quantitative estimate of drug-likeness (QED) is 0.658. The lowest BCUT2D eigenvalue weighted by Crippen LogP contribution is -2.20. The van der Waals surface area contributed by atoms with Gasteiger partial charge in [0.2, 0.25) is 0 Å². The fraction of sp³-hybridized carbons (Fsp3) is 1.00. The van der Waals surface area contributed by atoms with Gasteiger partial charge in [0.25, 0.3) is 0 Å². The maximum Gasteiger partial charge on any atom is 0.00386 e. The van der Waals surface area contributed by atoms with Crippen LogP contribution in [0.2, 0.25) is 0 Å². The number of hydrogen-bond acceptors (Lipinski definition) is 1. The Hall–Kier alpha value is 0.250. The van der Waals surface area contributed by atoms with E-state index in [0.717, 1.165) is 18.8 Å². The third-order valence-electron chi connectivity index (χ3n) is 1.30. The molecule has 1 atom stereocenters. The SMILES string of the molecule is CC[C@@H](N)CC(C)C.Cl. The molecule has 0 fully saturated rings. The normalized spacial score (nSPS) is 13.0. The lowest BCUT2D eigenvalue weighted by atomic mass is 10.0. The van der Waals surface area contributed by atoms with Crippen LogP contribution in [0.1, 0.15) is 33.6 Å². The second-order valence-electron chi connectivity index (χ2n) is 2.80. The zero-order valence-electron chi connectivity index (χ0n) is 6.55. The Morgan fingerprint density at radius 2 is 1.78 bits per heavy atom. The van der Waals surface area contributed by atoms with E-state index in [2.05, 4.69) is 20.8 Å². The molecule has 0 aromatic carbocycles. The Labute approximate surface area is 64.4 Å². The molecule has 0 amide bonds. The molecule has 0 rings (SSSR count). The first-order valence-corrected chi connectivity index (χ1v) is 3.42. The molecule has 0 aromatic heterocycles. The molecule has 0 bridgehead atoms. The van der Waals surface area contributed by atoms with Crippen LogP contribution in [0.5, 0.6) is 0 Å². The minimum Gasteiger partial charge on any atom is -0.328 e. The van der Waals surface area contributed by atoms with E-state index in [1.807, 2.05) is 0 Å². The first-order chi connectivity index (χ1) is 3.66. The van der Waals surface area contributed by atoms with Gasteiger partial charge in [-0.3, -0.25) is 0 Å². The summed E-state index contributed by atoms with van der Waals surface area (Å²) in [5.41, 5.74) is 5.67. The summed E-state index contributed by atoms with van der Waals surface area (Å²) in [7, 11) is 0. The third-order valence-corrected chi connectivity index (χ3v) is 1.30. The van der Waals surface area contributed by atoms with E-state index < -0.39 is 0 Å². The lowest BCUT2D eigenvalue weighted by molar-refractivity contribution is 0.486. The van der Waals surface area contributed by atoms with Gasteiger partial charge in [-0.05, 0) is 18.8 Å². The van der Waals surface area contributed by atoms with Crippen LogP contribution in [-0.4, -0.2) is 6.04 Å². The Bertz CT molecular complexity index is 54.9. The van der Waals surface area contributed by atoms with Gasteiger partial charge >= 0.3 is 0 Å². The topological polar surface area (TPSA) is 26.0 Å². The van der Waals surface area contributed by atoms with E-state index >= 15 is 0 Å². The molecule has 9 heavy (non-hydrogen) atoms. The molecule has 0 radical (unpaired) electrons. The molecule has 0 spiro atoms. The zero-order valence-corrected chi connectivity index (χ0v) is 7.37. The molecule has 2 N–H and O–H groups in total. The van der Waals surface area contributed by atoms with E-state index in [0.29, 0.717) is 6.04 Å². The Kier molecular flexibility index (Phi) is 8.48. The smallest absolute Gasteiger partial charge is 0.00386 e. The second-order valence-corrected chi connectivity index (χ2v) is 2.80. The highest BCUT2D eigenvalue weighted by molar-refractivity contribution is 5.85. The first-order valence-electron chi connectivity index (χ1n) is 3.42. The number of nitrogens with two attached hydrogens (primary N) is 1. The van der Waals surface area contributed by atoms with Gasteiger partial charge in [-0.15, -0.1) is 12.4 Å². The number of halogens is 1. The second kappa shape index (κ2) is 6.37. The minimum atomic E-state index is 0. The highest BCUT2D eigenvalue weighted by Gasteiger charge is 2.00. The van der Waals surface area contributed by atoms with Crippen molar-refractivity contribution in [2.24, 2.45) is 11.7 Å². The fourth-order valence-electron chi connectivity index (χ4n) is 0.772. The minimum absolute atomic E-state index is 0. The van der Waals surface area contributed by atoms with Gasteiger partial charge in [-0.25, -0.2) is 0 Å². The molecule has 0 saturated carbocycles. The van der Waals surface area contributed by atoms with Crippen LogP contribution in [0.15, 0.2) is 0 Å². The third kappa shape index (κ3) is 8.25. The van der Waals surface area contributed by atoms with Gasteiger partial charge in [0.1, 0.15) is 0 Å². The van der Waals surface area contributed by atoms with Gasteiger partial charge in [0.15, 0.2) is 0 Å². The summed E-state index contributed by atoms with van der Waals surface area (Å²) in [4.78, 5) is 0. The summed E-state index contributed by atoms with van der Waals surface area (Å²) < 4.78 is 0. The Morgan fingerprint density at radius 3 is 1.89 bits per heavy atom. The van der Waals surface area contributed by atoms with Crippen molar-refractivity contribution in [1.82, 2.24) is 0 Å². The van der Waals surface area contributed by atoms with E-state index in [9.17, 15) is 0 Å². The van der Waals surface area contributed by atoms with Crippen LogP contribution >= 0.6 is 12.4 Å². The van der Waals surface area contributed by atoms with Crippen molar-refractivity contribution in [3.63, 3.8) is 0 Å². The number of rotatable bonds is 3. The largest absolute Gasteiger partial charge is 0.328 e. The van der Waals surface area contributed by atoms with Crippen LogP contribution < -0.4 is 5.73 Å². The van der Waals surface area contributed by atoms with Crippen LogP contribution in [0, 0.1) is 5.92 Å². The summed E-state index contributed by atoms with van der Waals surface area (Å²) in [6.45, 7) is 6.54. The fourth-order valence-corrected chi connectivity index (χ4v) is 0.772. The molecule has 58 valence electrons. The molecule has 0 saturated heterocycles. The average Bonchev–Trinajstić information content (AvgIpc) is 1.65. The van der Waals surface area contributed by atoms with E-state index in [1.165, 1.54) is 0 Å². The van der Waals surface area contributed by atoms with Crippen molar-refractivity contribution < 1.29 is 0 Å². The molecular weight excluding hydrogens is 134 g/mol. The van der Waals surface area contributed by atoms with Crippen LogP contribution in [-0.2, 0) is 0 Å². The maximum absolute atomic E-state index is 5.67. The van der Waals surface area contributed by atoms with Crippen molar-refractivity contribution in [2.45, 2.75) is 39.7 Å². The standard InChI is InChI=1S/C7H17N.ClH/c1-4-7(8)5-6(2)3;/h6-7H,4-5,8H2,1-3H3;1H/t7-;/m1./s1. The monoisotopic (exact) mass is 151 g/mol. The summed E-state index contributed by atoms with van der Waals surface area (Å²) in [6.07, 6.45) is 2.27. The van der Waals surface area contributed by atoms with Crippen LogP contribution in [0.3, 0.4) is 0 Å². The molecule has 0 unspecified atom stereocenters.